The van der Waals surface area contributed by atoms with E-state index < -0.39 is 20.2 Å². The van der Waals surface area contributed by atoms with Crippen molar-refractivity contribution in [2.24, 2.45) is 0 Å². The first-order valence-electron chi connectivity index (χ1n) is 10.6. The molecule has 4 rings (SSSR count). The molecule has 0 unspecified atom stereocenters. The normalized spacial score (nSPS) is 21.7. The lowest BCUT2D eigenvalue weighted by atomic mass is 10.00. The number of hydrogen-bond acceptors (Lipinski definition) is 7. The fraction of sp³-hybridized carbons (Fsp3) is 0.435. The Morgan fingerprint density at radius 1 is 1.19 bits per heavy atom. The van der Waals surface area contributed by atoms with Crippen molar-refractivity contribution in [3.8, 4) is 0 Å². The zero-order valence-corrected chi connectivity index (χ0v) is 19.5. The molecule has 3 aromatic rings. The minimum Gasteiger partial charge on any atom is -0.388 e. The van der Waals surface area contributed by atoms with E-state index in [2.05, 4.69) is 15.3 Å². The molecule has 0 bridgehead atoms. The van der Waals surface area contributed by atoms with Gasteiger partial charge in [0.2, 0.25) is 5.95 Å². The van der Waals surface area contributed by atoms with Crippen molar-refractivity contribution in [3.05, 3.63) is 58.5 Å². The van der Waals surface area contributed by atoms with Crippen LogP contribution in [0.4, 0.5) is 11.6 Å². The molecule has 0 amide bonds. The highest BCUT2D eigenvalue weighted by atomic mass is 32.2. The number of pyridine rings is 1. The number of rotatable bonds is 5. The van der Waals surface area contributed by atoms with Crippen molar-refractivity contribution in [1.82, 2.24) is 14.5 Å². The summed E-state index contributed by atoms with van der Waals surface area (Å²) < 4.78 is 24.7. The first-order chi connectivity index (χ1) is 14.9. The zero-order chi connectivity index (χ0) is 23.3. The zero-order valence-electron chi connectivity index (χ0n) is 18.7. The molecule has 2 atom stereocenters. The summed E-state index contributed by atoms with van der Waals surface area (Å²) in [7, 11) is -3.28. The van der Waals surface area contributed by atoms with Gasteiger partial charge in [-0.3, -0.25) is 9.36 Å². The van der Waals surface area contributed by atoms with Crippen LogP contribution in [0.25, 0.3) is 11.0 Å². The minimum atomic E-state index is -3.28. The lowest BCUT2D eigenvalue weighted by Gasteiger charge is -2.28. The highest BCUT2D eigenvalue weighted by molar-refractivity contribution is 7.91. The van der Waals surface area contributed by atoms with Crippen molar-refractivity contribution < 1.29 is 13.5 Å². The lowest BCUT2D eigenvalue weighted by Crippen LogP contribution is -2.37. The number of nitrogens with zero attached hydrogens (tertiary/aromatic N) is 3. The largest absolute Gasteiger partial charge is 0.388 e. The third-order valence-electron chi connectivity index (χ3n) is 6.62. The maximum atomic E-state index is 12.7. The van der Waals surface area contributed by atoms with E-state index in [0.29, 0.717) is 41.1 Å². The van der Waals surface area contributed by atoms with Crippen LogP contribution in [0, 0.1) is 0 Å². The number of hydrogen-bond donors (Lipinski definition) is 2. The van der Waals surface area contributed by atoms with Crippen LogP contribution >= 0.6 is 0 Å². The van der Waals surface area contributed by atoms with E-state index in [1.807, 2.05) is 0 Å². The van der Waals surface area contributed by atoms with Gasteiger partial charge in [-0.25, -0.2) is 13.4 Å². The molecule has 1 fully saturated rings. The number of sulfone groups is 1. The monoisotopic (exact) mass is 456 g/mol. The quantitative estimate of drug-likeness (QED) is 0.605. The molecule has 1 aliphatic rings. The number of aliphatic hydroxyl groups is 1. The number of benzene rings is 1. The fourth-order valence-electron chi connectivity index (χ4n) is 4.24. The predicted octanol–water partition coefficient (Wildman–Crippen LogP) is 3.29. The van der Waals surface area contributed by atoms with Crippen LogP contribution in [0.3, 0.4) is 0 Å². The Morgan fingerprint density at radius 3 is 2.47 bits per heavy atom. The van der Waals surface area contributed by atoms with E-state index in [9.17, 15) is 18.3 Å². The average molecular weight is 457 g/mol. The van der Waals surface area contributed by atoms with Crippen LogP contribution in [0.15, 0.2) is 47.4 Å². The molecule has 2 N–H and O–H groups in total. The van der Waals surface area contributed by atoms with Crippen LogP contribution in [-0.4, -0.2) is 39.9 Å². The standard InChI is InChI=1S/C23H28N4O4S/c1-22(2,32(4,30)31)16-8-10-17(11-9-16)25-21-24-14-15-7-12-19(28)27(20(15)26-21)18-6-5-13-23(18,3)29/h7-12,14,18,29H,5-6,13H2,1-4H3,(H,24,25,26)/t18-,23-/m1/s1. The molecule has 1 saturated carbocycles. The Morgan fingerprint density at radius 2 is 1.88 bits per heavy atom. The SMILES string of the molecule is CC(C)(c1ccc(Nc2ncc3ccc(=O)n([C@@H]4CCC[C@@]4(C)O)c3n2)cc1)S(C)(=O)=O. The van der Waals surface area contributed by atoms with Crippen molar-refractivity contribution in [1.29, 1.82) is 0 Å². The molecule has 8 nitrogen and oxygen atoms in total. The summed E-state index contributed by atoms with van der Waals surface area (Å²) in [5.74, 6) is 0.310. The highest BCUT2D eigenvalue weighted by Gasteiger charge is 2.39. The summed E-state index contributed by atoms with van der Waals surface area (Å²) in [5, 5.41) is 14.6. The predicted molar refractivity (Wildman–Crippen MR) is 125 cm³/mol. The van der Waals surface area contributed by atoms with Gasteiger partial charge in [0, 0.05) is 29.6 Å². The smallest absolute Gasteiger partial charge is 0.252 e. The molecular formula is C23H28N4O4S. The molecule has 32 heavy (non-hydrogen) atoms. The van der Waals surface area contributed by atoms with Crippen molar-refractivity contribution in [3.63, 3.8) is 0 Å². The number of nitrogens with one attached hydrogen (secondary N) is 1. The van der Waals surface area contributed by atoms with Gasteiger partial charge in [-0.15, -0.1) is 0 Å². The van der Waals surface area contributed by atoms with Gasteiger partial charge in [0.15, 0.2) is 9.84 Å². The van der Waals surface area contributed by atoms with Crippen molar-refractivity contribution in [2.45, 2.75) is 56.4 Å². The third kappa shape index (κ3) is 3.91. The minimum absolute atomic E-state index is 0.207. The molecule has 2 aromatic heterocycles. The molecule has 9 heteroatoms. The summed E-state index contributed by atoms with van der Waals surface area (Å²) in [6, 6.07) is 9.88. The van der Waals surface area contributed by atoms with Crippen LogP contribution in [0.2, 0.25) is 0 Å². The van der Waals surface area contributed by atoms with Gasteiger partial charge < -0.3 is 10.4 Å². The van der Waals surface area contributed by atoms with E-state index in [1.54, 1.807) is 61.9 Å². The van der Waals surface area contributed by atoms with Gasteiger partial charge in [0.1, 0.15) is 5.65 Å². The molecule has 0 spiro atoms. The van der Waals surface area contributed by atoms with E-state index in [0.717, 1.165) is 6.42 Å². The summed E-state index contributed by atoms with van der Waals surface area (Å²) in [4.78, 5) is 21.6. The molecular weight excluding hydrogens is 428 g/mol. The number of fused-ring (bicyclic) bond motifs is 1. The number of aromatic nitrogens is 3. The second kappa shape index (κ2) is 7.67. The molecule has 0 saturated heterocycles. The van der Waals surface area contributed by atoms with Gasteiger partial charge in [-0.2, -0.15) is 4.98 Å². The van der Waals surface area contributed by atoms with Crippen LogP contribution in [0.1, 0.15) is 51.6 Å². The summed E-state index contributed by atoms with van der Waals surface area (Å²) in [6.45, 7) is 5.11. The highest BCUT2D eigenvalue weighted by Crippen LogP contribution is 2.39. The molecule has 170 valence electrons. The Kier molecular flexibility index (Phi) is 5.37. The average Bonchev–Trinajstić information content (AvgIpc) is 3.06. The van der Waals surface area contributed by atoms with Gasteiger partial charge in [0.25, 0.3) is 5.56 Å². The maximum Gasteiger partial charge on any atom is 0.252 e. The summed E-state index contributed by atoms with van der Waals surface area (Å²) in [5.41, 5.74) is 0.662. The van der Waals surface area contributed by atoms with E-state index in [4.69, 9.17) is 0 Å². The summed E-state index contributed by atoms with van der Waals surface area (Å²) in [6.07, 6.45) is 5.05. The molecule has 1 aromatic carbocycles. The van der Waals surface area contributed by atoms with E-state index >= 15 is 0 Å². The molecule has 0 aliphatic heterocycles. The van der Waals surface area contributed by atoms with Crippen LogP contribution in [0.5, 0.6) is 0 Å². The van der Waals surface area contributed by atoms with E-state index in [1.165, 1.54) is 12.3 Å². The Balaban J connectivity index is 1.69. The third-order valence-corrected chi connectivity index (χ3v) is 8.71. The summed E-state index contributed by atoms with van der Waals surface area (Å²) >= 11 is 0. The molecule has 0 radical (unpaired) electrons. The number of anilines is 2. The maximum absolute atomic E-state index is 12.7. The second-order valence-corrected chi connectivity index (χ2v) is 11.8. The fourth-order valence-corrected chi connectivity index (χ4v) is 4.80. The van der Waals surface area contributed by atoms with Crippen LogP contribution < -0.4 is 10.9 Å². The van der Waals surface area contributed by atoms with Crippen LogP contribution in [-0.2, 0) is 14.6 Å². The Hall–Kier alpha value is -2.78. The molecule has 1 aliphatic carbocycles. The topological polar surface area (TPSA) is 114 Å². The van der Waals surface area contributed by atoms with Crippen molar-refractivity contribution >= 4 is 32.5 Å². The second-order valence-electron chi connectivity index (χ2n) is 9.26. The Labute approximate surface area is 187 Å². The Bertz CT molecular complexity index is 1330. The first kappa shape index (κ1) is 22.4. The van der Waals surface area contributed by atoms with Gasteiger partial charge in [0.05, 0.1) is 16.4 Å². The first-order valence-corrected chi connectivity index (χ1v) is 12.5. The van der Waals surface area contributed by atoms with E-state index in [-0.39, 0.29) is 11.6 Å². The molecule has 2 heterocycles. The van der Waals surface area contributed by atoms with Gasteiger partial charge in [-0.1, -0.05) is 12.1 Å². The van der Waals surface area contributed by atoms with Gasteiger partial charge in [-0.05, 0) is 63.8 Å². The van der Waals surface area contributed by atoms with Gasteiger partial charge >= 0.3 is 0 Å². The van der Waals surface area contributed by atoms with Crippen molar-refractivity contribution in [2.75, 3.05) is 11.6 Å². The lowest BCUT2D eigenvalue weighted by molar-refractivity contribution is 0.0267.